The zero-order valence-corrected chi connectivity index (χ0v) is 24.2. The highest BCUT2D eigenvalue weighted by Crippen LogP contribution is 2.40. The van der Waals surface area contributed by atoms with Crippen molar-refractivity contribution in [2.45, 2.75) is 108 Å². The maximum atomic E-state index is 13.5. The third-order valence-corrected chi connectivity index (χ3v) is 14.3. The summed E-state index contributed by atoms with van der Waals surface area (Å²) in [6.07, 6.45) is 3.41. The van der Waals surface area contributed by atoms with Crippen molar-refractivity contribution in [1.82, 2.24) is 10.0 Å². The SMILES string of the molecule is Cc1ccc(S(=O)(=O)NC2CCCC2)cc1C(=O)[C@H](C)[C@H]1NC(=O)[C@@H]1[C@@H](C)O[Si](C)(C)C(C)(C)C. The van der Waals surface area contributed by atoms with Crippen molar-refractivity contribution in [3.05, 3.63) is 29.3 Å². The van der Waals surface area contributed by atoms with Crippen LogP contribution in [-0.2, 0) is 19.2 Å². The van der Waals surface area contributed by atoms with E-state index < -0.39 is 30.2 Å². The predicted octanol–water partition coefficient (Wildman–Crippen LogP) is 4.56. The van der Waals surface area contributed by atoms with Gasteiger partial charge in [0.15, 0.2) is 14.1 Å². The third-order valence-electron chi connectivity index (χ3n) is 8.21. The molecule has 35 heavy (non-hydrogen) atoms. The van der Waals surface area contributed by atoms with E-state index in [1.54, 1.807) is 26.0 Å². The Morgan fingerprint density at radius 1 is 1.17 bits per heavy atom. The first-order chi connectivity index (χ1) is 16.0. The molecule has 9 heteroatoms. The number of carbonyl (C=O) groups is 2. The summed E-state index contributed by atoms with van der Waals surface area (Å²) in [4.78, 5) is 26.2. The summed E-state index contributed by atoms with van der Waals surface area (Å²) in [5, 5.41) is 2.91. The number of benzene rings is 1. The monoisotopic (exact) mass is 522 g/mol. The fourth-order valence-corrected chi connectivity index (χ4v) is 7.61. The van der Waals surface area contributed by atoms with Crippen LogP contribution in [0.15, 0.2) is 23.1 Å². The molecule has 1 aliphatic heterocycles. The average Bonchev–Trinajstić information content (AvgIpc) is 3.22. The number of amides is 1. The van der Waals surface area contributed by atoms with Crippen LogP contribution < -0.4 is 10.0 Å². The number of β-lactam (4-membered cyclic amide) rings is 1. The van der Waals surface area contributed by atoms with Gasteiger partial charge in [0.05, 0.1) is 23.0 Å². The molecule has 4 atom stereocenters. The van der Waals surface area contributed by atoms with Crippen molar-refractivity contribution in [2.75, 3.05) is 0 Å². The summed E-state index contributed by atoms with van der Waals surface area (Å²) in [5.41, 5.74) is 1.10. The van der Waals surface area contributed by atoms with Crippen LogP contribution in [-0.4, -0.2) is 46.6 Å². The summed E-state index contributed by atoms with van der Waals surface area (Å²) >= 11 is 0. The first-order valence-corrected chi connectivity index (χ1v) is 17.1. The van der Waals surface area contributed by atoms with Gasteiger partial charge in [-0.2, -0.15) is 0 Å². The van der Waals surface area contributed by atoms with Gasteiger partial charge in [-0.3, -0.25) is 9.59 Å². The maximum absolute atomic E-state index is 13.5. The molecule has 1 aromatic carbocycles. The molecule has 0 aromatic heterocycles. The highest BCUT2D eigenvalue weighted by molar-refractivity contribution is 7.89. The second kappa shape index (κ2) is 10.1. The number of ketones is 1. The first kappa shape index (κ1) is 28.0. The van der Waals surface area contributed by atoms with Crippen LogP contribution in [0.5, 0.6) is 0 Å². The molecule has 7 nitrogen and oxygen atoms in total. The van der Waals surface area contributed by atoms with Gasteiger partial charge >= 0.3 is 0 Å². The van der Waals surface area contributed by atoms with Crippen molar-refractivity contribution in [2.24, 2.45) is 11.8 Å². The lowest BCUT2D eigenvalue weighted by atomic mass is 9.76. The molecular formula is C26H42N2O5SSi. The van der Waals surface area contributed by atoms with Gasteiger partial charge in [-0.1, -0.05) is 46.6 Å². The molecule has 0 unspecified atom stereocenters. The number of nitrogens with one attached hydrogen (secondary N) is 2. The number of aryl methyl sites for hydroxylation is 1. The molecule has 1 heterocycles. The predicted molar refractivity (Wildman–Crippen MR) is 140 cm³/mol. The lowest BCUT2D eigenvalue weighted by Gasteiger charge is -2.47. The molecule has 0 radical (unpaired) electrons. The van der Waals surface area contributed by atoms with Crippen molar-refractivity contribution in [3.63, 3.8) is 0 Å². The van der Waals surface area contributed by atoms with Crippen LogP contribution >= 0.6 is 0 Å². The maximum Gasteiger partial charge on any atom is 0.240 e. The van der Waals surface area contributed by atoms with E-state index in [1.165, 1.54) is 6.07 Å². The quantitative estimate of drug-likeness (QED) is 0.281. The number of Topliss-reactive ketones (excluding diaryl/α,β-unsaturated/α-hetero) is 1. The van der Waals surface area contributed by atoms with E-state index >= 15 is 0 Å². The van der Waals surface area contributed by atoms with Gasteiger partial charge in [0, 0.05) is 17.5 Å². The Hall–Kier alpha value is -1.55. The Kier molecular flexibility index (Phi) is 8.06. The van der Waals surface area contributed by atoms with Gasteiger partial charge < -0.3 is 9.74 Å². The van der Waals surface area contributed by atoms with E-state index in [1.807, 2.05) is 6.92 Å². The largest absolute Gasteiger partial charge is 0.413 e. The van der Waals surface area contributed by atoms with E-state index in [0.717, 1.165) is 31.2 Å². The van der Waals surface area contributed by atoms with Crippen LogP contribution in [0.4, 0.5) is 0 Å². The highest BCUT2D eigenvalue weighted by atomic mass is 32.2. The minimum atomic E-state index is -3.71. The van der Waals surface area contributed by atoms with Crippen LogP contribution in [0.1, 0.15) is 76.2 Å². The van der Waals surface area contributed by atoms with Crippen molar-refractivity contribution in [1.29, 1.82) is 0 Å². The van der Waals surface area contributed by atoms with Crippen LogP contribution in [0.25, 0.3) is 0 Å². The summed E-state index contributed by atoms with van der Waals surface area (Å²) in [6, 6.07) is 4.32. The normalized spacial score (nSPS) is 23.5. The standard InChI is InChI=1S/C26H42N2O5SSi/c1-16-13-14-20(34(31,32)28-19-11-9-10-12-19)15-21(16)24(29)17(2)23-22(25(30)27-23)18(3)33-35(7,8)26(4,5)6/h13-15,17-19,22-23,28H,9-12H2,1-8H3,(H,27,30)/t17-,18-,22-,23-/m1/s1. The lowest BCUT2D eigenvalue weighted by Crippen LogP contribution is -2.66. The van der Waals surface area contributed by atoms with Crippen molar-refractivity contribution >= 4 is 30.0 Å². The number of rotatable bonds is 9. The van der Waals surface area contributed by atoms with Gasteiger partial charge in [-0.05, 0) is 62.5 Å². The molecule has 1 aliphatic carbocycles. The molecule has 196 valence electrons. The van der Waals surface area contributed by atoms with Gasteiger partial charge in [-0.15, -0.1) is 0 Å². The zero-order valence-electron chi connectivity index (χ0n) is 22.4. The topological polar surface area (TPSA) is 102 Å². The van der Waals surface area contributed by atoms with Crippen LogP contribution in [0.3, 0.4) is 0 Å². The Morgan fingerprint density at radius 3 is 2.31 bits per heavy atom. The number of carbonyl (C=O) groups excluding carboxylic acids is 2. The minimum Gasteiger partial charge on any atom is -0.413 e. The second-order valence-electron chi connectivity index (χ2n) is 11.9. The summed E-state index contributed by atoms with van der Waals surface area (Å²) in [5.74, 6) is -1.20. The number of hydrogen-bond donors (Lipinski definition) is 2. The van der Waals surface area contributed by atoms with E-state index in [4.69, 9.17) is 4.43 Å². The Labute approximate surface area is 212 Å². The third kappa shape index (κ3) is 5.89. The Morgan fingerprint density at radius 2 is 1.77 bits per heavy atom. The van der Waals surface area contributed by atoms with Gasteiger partial charge in [0.1, 0.15) is 0 Å². The molecule has 2 aliphatic rings. The van der Waals surface area contributed by atoms with Crippen molar-refractivity contribution < 1.29 is 22.4 Å². The molecule has 2 fully saturated rings. The minimum absolute atomic E-state index is 0.00793. The van der Waals surface area contributed by atoms with Crippen LogP contribution in [0, 0.1) is 18.8 Å². The highest BCUT2D eigenvalue weighted by Gasteiger charge is 2.50. The fraction of sp³-hybridized carbons (Fsp3) is 0.692. The summed E-state index contributed by atoms with van der Waals surface area (Å²) in [7, 11) is -5.80. The molecule has 0 spiro atoms. The lowest BCUT2D eigenvalue weighted by molar-refractivity contribution is -0.141. The molecule has 1 saturated carbocycles. The van der Waals surface area contributed by atoms with Crippen molar-refractivity contribution in [3.8, 4) is 0 Å². The van der Waals surface area contributed by atoms with Crippen LogP contribution in [0.2, 0.25) is 18.1 Å². The average molecular weight is 523 g/mol. The molecule has 0 bridgehead atoms. The first-order valence-electron chi connectivity index (χ1n) is 12.7. The smallest absolute Gasteiger partial charge is 0.240 e. The molecule has 2 N–H and O–H groups in total. The molecule has 1 amide bonds. The van der Waals surface area contributed by atoms with Gasteiger partial charge in [0.2, 0.25) is 15.9 Å². The summed E-state index contributed by atoms with van der Waals surface area (Å²) in [6.45, 7) is 16.3. The number of hydrogen-bond acceptors (Lipinski definition) is 5. The summed E-state index contributed by atoms with van der Waals surface area (Å²) < 4.78 is 35.2. The second-order valence-corrected chi connectivity index (χ2v) is 18.3. The molecule has 3 rings (SSSR count). The van der Waals surface area contributed by atoms with E-state index in [0.29, 0.717) is 5.56 Å². The molecule has 1 saturated heterocycles. The van der Waals surface area contributed by atoms with Gasteiger partial charge in [-0.25, -0.2) is 13.1 Å². The van der Waals surface area contributed by atoms with E-state index in [2.05, 4.69) is 43.9 Å². The van der Waals surface area contributed by atoms with E-state index in [-0.39, 0.29) is 39.8 Å². The molecular weight excluding hydrogens is 480 g/mol. The molecule has 1 aromatic rings. The fourth-order valence-electron chi connectivity index (χ4n) is 4.85. The Bertz CT molecular complexity index is 1070. The zero-order chi connectivity index (χ0) is 26.3. The van der Waals surface area contributed by atoms with E-state index in [9.17, 15) is 18.0 Å². The Balaban J connectivity index is 1.78. The number of sulfonamides is 1. The van der Waals surface area contributed by atoms with Gasteiger partial charge in [0.25, 0.3) is 0 Å².